The molecule has 17 heavy (non-hydrogen) atoms. The third-order valence-corrected chi connectivity index (χ3v) is 3.03. The zero-order chi connectivity index (χ0) is 12.3. The molecule has 0 aromatic carbocycles. The molecule has 1 aliphatic rings. The van der Waals surface area contributed by atoms with E-state index in [9.17, 15) is 0 Å². The van der Waals surface area contributed by atoms with Crippen LogP contribution in [0.1, 0.15) is 13.8 Å². The van der Waals surface area contributed by atoms with Gasteiger partial charge in [0.15, 0.2) is 0 Å². The van der Waals surface area contributed by atoms with Gasteiger partial charge in [-0.25, -0.2) is 9.97 Å². The van der Waals surface area contributed by atoms with Crippen molar-refractivity contribution in [3.63, 3.8) is 0 Å². The van der Waals surface area contributed by atoms with Crippen LogP contribution in [-0.2, 0) is 0 Å². The lowest BCUT2D eigenvalue weighted by molar-refractivity contribution is 0.267. The van der Waals surface area contributed by atoms with Crippen LogP contribution in [0.15, 0.2) is 12.3 Å². The highest BCUT2D eigenvalue weighted by atomic mass is 35.5. The van der Waals surface area contributed by atoms with E-state index in [2.05, 4.69) is 33.6 Å². The Morgan fingerprint density at radius 3 is 2.59 bits per heavy atom. The van der Waals surface area contributed by atoms with Crippen LogP contribution in [-0.4, -0.2) is 47.6 Å². The highest BCUT2D eigenvalue weighted by molar-refractivity contribution is 6.28. The van der Waals surface area contributed by atoms with E-state index in [0.717, 1.165) is 38.5 Å². The average molecular weight is 254 g/mol. The predicted octanol–water partition coefficient (Wildman–Crippen LogP) is 1.87. The topological polar surface area (TPSA) is 32.3 Å². The molecule has 0 spiro atoms. The van der Waals surface area contributed by atoms with Crippen molar-refractivity contribution in [3.8, 4) is 0 Å². The molecule has 2 heterocycles. The molecule has 5 heteroatoms. The lowest BCUT2D eigenvalue weighted by atomic mass is 10.2. The van der Waals surface area contributed by atoms with Gasteiger partial charge < -0.3 is 4.90 Å². The van der Waals surface area contributed by atoms with E-state index in [-0.39, 0.29) is 0 Å². The minimum atomic E-state index is 0.322. The average Bonchev–Trinajstić information content (AvgIpc) is 2.29. The van der Waals surface area contributed by atoms with Gasteiger partial charge in [-0.2, -0.15) is 0 Å². The van der Waals surface area contributed by atoms with Crippen LogP contribution >= 0.6 is 11.6 Å². The molecule has 0 saturated carbocycles. The summed E-state index contributed by atoms with van der Waals surface area (Å²) in [6.45, 7) is 9.60. The van der Waals surface area contributed by atoms with E-state index in [4.69, 9.17) is 11.6 Å². The predicted molar refractivity (Wildman–Crippen MR) is 70.3 cm³/mol. The van der Waals surface area contributed by atoms with E-state index in [1.54, 1.807) is 6.20 Å². The summed E-state index contributed by atoms with van der Waals surface area (Å²) in [5.74, 6) is 2.39. The number of nitrogens with zero attached hydrogens (tertiary/aromatic N) is 4. The van der Waals surface area contributed by atoms with Crippen molar-refractivity contribution in [1.29, 1.82) is 0 Å². The molecule has 0 aliphatic carbocycles. The maximum Gasteiger partial charge on any atom is 0.224 e. The van der Waals surface area contributed by atoms with Crippen molar-refractivity contribution < 1.29 is 0 Å². The number of rotatable bonds is 3. The quantitative estimate of drug-likeness (QED) is 0.770. The Balaban J connectivity index is 1.91. The SMILES string of the molecule is C[C](C)CN1CCN(c2ccnc(Cl)n2)CC1. The molecular formula is C12H18ClN4. The van der Waals surface area contributed by atoms with Gasteiger partial charge in [-0.05, 0) is 23.6 Å². The first-order valence-corrected chi connectivity index (χ1v) is 6.28. The molecule has 1 aromatic rings. The summed E-state index contributed by atoms with van der Waals surface area (Å²) in [5.41, 5.74) is 0. The second kappa shape index (κ2) is 5.65. The molecule has 1 radical (unpaired) electrons. The van der Waals surface area contributed by atoms with E-state index in [1.807, 2.05) is 6.07 Å². The van der Waals surface area contributed by atoms with Gasteiger partial charge in [-0.15, -0.1) is 0 Å². The van der Waals surface area contributed by atoms with Gasteiger partial charge in [0.25, 0.3) is 0 Å². The van der Waals surface area contributed by atoms with Gasteiger partial charge in [-0.3, -0.25) is 4.90 Å². The van der Waals surface area contributed by atoms with Crippen molar-refractivity contribution >= 4 is 17.4 Å². The highest BCUT2D eigenvalue weighted by Crippen LogP contribution is 2.15. The van der Waals surface area contributed by atoms with Gasteiger partial charge in [0, 0.05) is 38.9 Å². The van der Waals surface area contributed by atoms with Crippen LogP contribution in [0.4, 0.5) is 5.82 Å². The Morgan fingerprint density at radius 1 is 1.29 bits per heavy atom. The van der Waals surface area contributed by atoms with Crippen LogP contribution < -0.4 is 4.90 Å². The normalized spacial score (nSPS) is 17.8. The first-order valence-electron chi connectivity index (χ1n) is 5.90. The molecule has 0 atom stereocenters. The van der Waals surface area contributed by atoms with Crippen molar-refractivity contribution in [2.45, 2.75) is 13.8 Å². The number of aromatic nitrogens is 2. The van der Waals surface area contributed by atoms with Gasteiger partial charge in [-0.1, -0.05) is 13.8 Å². The van der Waals surface area contributed by atoms with Crippen molar-refractivity contribution in [2.24, 2.45) is 0 Å². The minimum absolute atomic E-state index is 0.322. The van der Waals surface area contributed by atoms with E-state index in [0.29, 0.717) is 5.28 Å². The molecule has 4 nitrogen and oxygen atoms in total. The summed E-state index contributed by atoms with van der Waals surface area (Å²) in [7, 11) is 0. The number of anilines is 1. The molecular weight excluding hydrogens is 236 g/mol. The van der Waals surface area contributed by atoms with Gasteiger partial charge in [0.05, 0.1) is 0 Å². The number of halogens is 1. The molecule has 1 aliphatic heterocycles. The third-order valence-electron chi connectivity index (χ3n) is 2.85. The summed E-state index contributed by atoms with van der Waals surface area (Å²) in [5, 5.41) is 0.322. The molecule has 1 fully saturated rings. The third kappa shape index (κ3) is 3.54. The molecule has 1 saturated heterocycles. The number of hydrogen-bond donors (Lipinski definition) is 0. The lowest BCUT2D eigenvalue weighted by Gasteiger charge is -2.36. The summed E-state index contributed by atoms with van der Waals surface area (Å²) in [4.78, 5) is 12.9. The van der Waals surface area contributed by atoms with E-state index in [1.165, 1.54) is 5.92 Å². The fourth-order valence-corrected chi connectivity index (χ4v) is 2.23. The Bertz CT molecular complexity index is 361. The van der Waals surface area contributed by atoms with Crippen molar-refractivity contribution in [2.75, 3.05) is 37.6 Å². The summed E-state index contributed by atoms with van der Waals surface area (Å²) in [6, 6.07) is 1.92. The number of piperazine rings is 1. The largest absolute Gasteiger partial charge is 0.354 e. The molecule has 0 amide bonds. The lowest BCUT2D eigenvalue weighted by Crippen LogP contribution is -2.47. The number of hydrogen-bond acceptors (Lipinski definition) is 4. The molecule has 2 rings (SSSR count). The maximum atomic E-state index is 5.80. The molecule has 0 unspecified atom stereocenters. The summed E-state index contributed by atoms with van der Waals surface area (Å²) in [6.07, 6.45) is 1.71. The monoisotopic (exact) mass is 253 g/mol. The van der Waals surface area contributed by atoms with E-state index < -0.39 is 0 Å². The minimum Gasteiger partial charge on any atom is -0.354 e. The van der Waals surface area contributed by atoms with Crippen LogP contribution in [0.2, 0.25) is 5.28 Å². The van der Waals surface area contributed by atoms with Crippen LogP contribution in [0.3, 0.4) is 0 Å². The second-order valence-corrected chi connectivity index (χ2v) is 4.99. The zero-order valence-electron chi connectivity index (χ0n) is 10.4. The van der Waals surface area contributed by atoms with E-state index >= 15 is 0 Å². The smallest absolute Gasteiger partial charge is 0.224 e. The zero-order valence-corrected chi connectivity index (χ0v) is 11.1. The maximum absolute atomic E-state index is 5.80. The van der Waals surface area contributed by atoms with Crippen LogP contribution in [0.25, 0.3) is 0 Å². The van der Waals surface area contributed by atoms with Gasteiger partial charge >= 0.3 is 0 Å². The molecule has 1 aromatic heterocycles. The van der Waals surface area contributed by atoms with Gasteiger partial charge in [0.1, 0.15) is 5.82 Å². The fourth-order valence-electron chi connectivity index (χ4n) is 2.08. The molecule has 0 N–H and O–H groups in total. The molecule has 93 valence electrons. The summed E-state index contributed by atoms with van der Waals surface area (Å²) < 4.78 is 0. The van der Waals surface area contributed by atoms with Crippen molar-refractivity contribution in [3.05, 3.63) is 23.5 Å². The Hall–Kier alpha value is -0.870. The van der Waals surface area contributed by atoms with Crippen LogP contribution in [0.5, 0.6) is 0 Å². The first-order chi connectivity index (χ1) is 8.15. The highest BCUT2D eigenvalue weighted by Gasteiger charge is 2.18. The Morgan fingerprint density at radius 2 is 2.00 bits per heavy atom. The van der Waals surface area contributed by atoms with Crippen LogP contribution in [0, 0.1) is 5.92 Å². The second-order valence-electron chi connectivity index (χ2n) is 4.65. The van der Waals surface area contributed by atoms with Gasteiger partial charge in [0.2, 0.25) is 5.28 Å². The Kier molecular flexibility index (Phi) is 4.18. The standard InChI is InChI=1S/C12H18ClN4/c1-10(2)9-16-5-7-17(8-6-16)11-3-4-14-12(13)15-11/h3-4H,5-9H2,1-2H3. The first kappa shape index (κ1) is 12.6. The summed E-state index contributed by atoms with van der Waals surface area (Å²) >= 11 is 5.80. The Labute approximate surface area is 108 Å². The molecule has 0 bridgehead atoms. The van der Waals surface area contributed by atoms with Crippen molar-refractivity contribution in [1.82, 2.24) is 14.9 Å². The fraction of sp³-hybridized carbons (Fsp3) is 0.583.